The first-order valence-electron chi connectivity index (χ1n) is 9.19. The number of piperidine rings is 1. The van der Waals surface area contributed by atoms with Crippen molar-refractivity contribution in [2.24, 2.45) is 5.92 Å². The number of fused-ring (bicyclic) bond motifs is 1. The Morgan fingerprint density at radius 2 is 2.15 bits per heavy atom. The van der Waals surface area contributed by atoms with Crippen LogP contribution in [0.2, 0.25) is 0 Å². The average Bonchev–Trinajstić information content (AvgIpc) is 3.16. The minimum absolute atomic E-state index is 0.00209. The van der Waals surface area contributed by atoms with E-state index in [9.17, 15) is 9.59 Å². The van der Waals surface area contributed by atoms with Crippen molar-refractivity contribution in [1.29, 1.82) is 0 Å². The largest absolute Gasteiger partial charge is 0.376 e. The van der Waals surface area contributed by atoms with E-state index >= 15 is 0 Å². The van der Waals surface area contributed by atoms with E-state index in [2.05, 4.69) is 15.3 Å². The number of nitrogens with one attached hydrogen (secondary N) is 1. The minimum atomic E-state index is -0.335. The highest BCUT2D eigenvalue weighted by atomic mass is 16.5. The number of rotatable bonds is 3. The van der Waals surface area contributed by atoms with E-state index in [1.807, 2.05) is 19.1 Å². The topological polar surface area (TPSA) is 84.4 Å². The van der Waals surface area contributed by atoms with Crippen molar-refractivity contribution in [3.05, 3.63) is 54.1 Å². The monoisotopic (exact) mass is 366 g/mol. The Kier molecular flexibility index (Phi) is 4.85. The molecule has 1 N–H and O–H groups in total. The van der Waals surface area contributed by atoms with Crippen LogP contribution in [0.1, 0.15) is 29.0 Å². The molecule has 0 radical (unpaired) electrons. The first kappa shape index (κ1) is 17.6. The minimum Gasteiger partial charge on any atom is -0.376 e. The van der Waals surface area contributed by atoms with Gasteiger partial charge in [0, 0.05) is 25.0 Å². The van der Waals surface area contributed by atoms with Crippen LogP contribution in [0.25, 0.3) is 0 Å². The van der Waals surface area contributed by atoms with E-state index in [0.29, 0.717) is 31.0 Å². The van der Waals surface area contributed by atoms with Crippen molar-refractivity contribution in [1.82, 2.24) is 14.9 Å². The van der Waals surface area contributed by atoms with Gasteiger partial charge in [-0.3, -0.25) is 14.6 Å². The number of likely N-dealkylation sites (tertiary alicyclic amines) is 1. The summed E-state index contributed by atoms with van der Waals surface area (Å²) in [7, 11) is 0. The average molecular weight is 366 g/mol. The van der Waals surface area contributed by atoms with Crippen molar-refractivity contribution >= 4 is 17.5 Å². The van der Waals surface area contributed by atoms with Crippen molar-refractivity contribution in [2.45, 2.75) is 31.9 Å². The quantitative estimate of drug-likeness (QED) is 0.899. The number of pyridine rings is 2. The fourth-order valence-electron chi connectivity index (χ4n) is 3.86. The first-order valence-corrected chi connectivity index (χ1v) is 9.19. The molecular weight excluding hydrogens is 344 g/mol. The Hall–Kier alpha value is -2.80. The maximum atomic E-state index is 13.1. The molecule has 0 aliphatic carbocycles. The van der Waals surface area contributed by atoms with Crippen molar-refractivity contribution in [3.63, 3.8) is 0 Å². The molecule has 2 aliphatic heterocycles. The molecule has 2 aromatic rings. The third-order valence-electron chi connectivity index (χ3n) is 5.18. The van der Waals surface area contributed by atoms with E-state index in [1.54, 1.807) is 35.5 Å². The third kappa shape index (κ3) is 3.68. The van der Waals surface area contributed by atoms with Crippen molar-refractivity contribution in [2.75, 3.05) is 18.5 Å². The van der Waals surface area contributed by atoms with E-state index in [4.69, 9.17) is 4.74 Å². The second-order valence-corrected chi connectivity index (χ2v) is 7.05. The molecule has 2 saturated heterocycles. The molecule has 0 saturated carbocycles. The predicted molar refractivity (Wildman–Crippen MR) is 99.1 cm³/mol. The van der Waals surface area contributed by atoms with Gasteiger partial charge in [0.25, 0.3) is 5.91 Å². The Morgan fingerprint density at radius 1 is 1.26 bits per heavy atom. The third-order valence-corrected chi connectivity index (χ3v) is 5.18. The molecule has 7 heteroatoms. The number of aromatic nitrogens is 2. The summed E-state index contributed by atoms with van der Waals surface area (Å²) in [4.78, 5) is 36.0. The molecule has 140 valence electrons. The molecule has 7 nitrogen and oxygen atoms in total. The molecule has 2 aromatic heterocycles. The summed E-state index contributed by atoms with van der Waals surface area (Å²) in [5, 5.41) is 2.89. The van der Waals surface area contributed by atoms with Gasteiger partial charge in [0.15, 0.2) is 0 Å². The van der Waals surface area contributed by atoms with E-state index in [1.165, 1.54) is 0 Å². The van der Waals surface area contributed by atoms with Crippen LogP contribution < -0.4 is 5.32 Å². The maximum Gasteiger partial charge on any atom is 0.272 e. The Morgan fingerprint density at radius 3 is 2.93 bits per heavy atom. The van der Waals surface area contributed by atoms with Gasteiger partial charge in [-0.1, -0.05) is 6.07 Å². The molecule has 3 atom stereocenters. The smallest absolute Gasteiger partial charge is 0.272 e. The lowest BCUT2D eigenvalue weighted by Gasteiger charge is -2.40. The number of nitrogens with zero attached hydrogens (tertiary/aromatic N) is 3. The lowest BCUT2D eigenvalue weighted by molar-refractivity contribution is -0.123. The van der Waals surface area contributed by atoms with Gasteiger partial charge in [-0.25, -0.2) is 4.98 Å². The highest BCUT2D eigenvalue weighted by Gasteiger charge is 2.44. The Balaban J connectivity index is 1.54. The van der Waals surface area contributed by atoms with E-state index in [-0.39, 0.29) is 29.9 Å². The van der Waals surface area contributed by atoms with Crippen molar-refractivity contribution in [3.8, 4) is 0 Å². The Bertz CT molecular complexity index is 842. The standard InChI is InChI=1S/C20H22N4O3/c1-13-4-2-6-16(22-13)20(26)24-12-14(10-18-17(24)7-9-27-18)19(25)23-15-5-3-8-21-11-15/h2-6,8,11,14,17-18H,7,9-10,12H2,1H3,(H,23,25)/t14-,17+,18+/m0/s1. The van der Waals surface area contributed by atoms with Crippen LogP contribution in [0.3, 0.4) is 0 Å². The number of carbonyl (C=O) groups is 2. The van der Waals surface area contributed by atoms with Crippen LogP contribution in [0.15, 0.2) is 42.7 Å². The summed E-state index contributed by atoms with van der Waals surface area (Å²) in [5.41, 5.74) is 1.85. The summed E-state index contributed by atoms with van der Waals surface area (Å²) < 4.78 is 5.82. The van der Waals surface area contributed by atoms with Gasteiger partial charge < -0.3 is 15.0 Å². The molecule has 27 heavy (non-hydrogen) atoms. The number of ether oxygens (including phenoxy) is 1. The normalized spacial score (nSPS) is 24.3. The highest BCUT2D eigenvalue weighted by Crippen LogP contribution is 2.32. The number of anilines is 1. The first-order chi connectivity index (χ1) is 13.1. The van der Waals surface area contributed by atoms with Gasteiger partial charge in [0.05, 0.1) is 29.9 Å². The molecule has 0 unspecified atom stereocenters. The fraction of sp³-hybridized carbons (Fsp3) is 0.400. The molecule has 2 fully saturated rings. The maximum absolute atomic E-state index is 13.1. The zero-order chi connectivity index (χ0) is 18.8. The zero-order valence-corrected chi connectivity index (χ0v) is 15.2. The predicted octanol–water partition coefficient (Wildman–Crippen LogP) is 2.04. The lowest BCUT2D eigenvalue weighted by Crippen LogP contribution is -2.54. The SMILES string of the molecule is Cc1cccc(C(=O)N2C[C@@H](C(=O)Nc3cccnc3)C[C@H]3OCC[C@H]32)n1. The Labute approximate surface area is 157 Å². The van der Waals surface area contributed by atoms with Gasteiger partial charge >= 0.3 is 0 Å². The molecule has 0 spiro atoms. The molecule has 2 aliphatic rings. The van der Waals surface area contributed by atoms with Gasteiger partial charge in [0.2, 0.25) is 5.91 Å². The number of amides is 2. The van der Waals surface area contributed by atoms with Crippen LogP contribution in [0.4, 0.5) is 5.69 Å². The summed E-state index contributed by atoms with van der Waals surface area (Å²) in [6, 6.07) is 8.98. The van der Waals surface area contributed by atoms with E-state index in [0.717, 1.165) is 12.1 Å². The van der Waals surface area contributed by atoms with Crippen LogP contribution in [-0.4, -0.2) is 52.0 Å². The summed E-state index contributed by atoms with van der Waals surface area (Å²) in [5.74, 6) is -0.594. The summed E-state index contributed by atoms with van der Waals surface area (Å²) >= 11 is 0. The summed E-state index contributed by atoms with van der Waals surface area (Å²) in [6.07, 6.45) is 4.55. The highest BCUT2D eigenvalue weighted by molar-refractivity contribution is 5.95. The van der Waals surface area contributed by atoms with Crippen LogP contribution in [-0.2, 0) is 9.53 Å². The van der Waals surface area contributed by atoms with Crippen LogP contribution >= 0.6 is 0 Å². The molecule has 0 aromatic carbocycles. The van der Waals surface area contributed by atoms with Gasteiger partial charge in [-0.05, 0) is 44.0 Å². The fourth-order valence-corrected chi connectivity index (χ4v) is 3.86. The number of hydrogen-bond donors (Lipinski definition) is 1. The zero-order valence-electron chi connectivity index (χ0n) is 15.2. The van der Waals surface area contributed by atoms with Crippen molar-refractivity contribution < 1.29 is 14.3 Å². The lowest BCUT2D eigenvalue weighted by atomic mass is 9.89. The summed E-state index contributed by atoms with van der Waals surface area (Å²) in [6.45, 7) is 2.83. The molecule has 2 amide bonds. The van der Waals surface area contributed by atoms with Gasteiger partial charge in [0.1, 0.15) is 5.69 Å². The van der Waals surface area contributed by atoms with Crippen LogP contribution in [0, 0.1) is 12.8 Å². The molecule has 0 bridgehead atoms. The molecular formula is C20H22N4O3. The number of aryl methyl sites for hydroxylation is 1. The van der Waals surface area contributed by atoms with Crippen LogP contribution in [0.5, 0.6) is 0 Å². The van der Waals surface area contributed by atoms with Gasteiger partial charge in [-0.15, -0.1) is 0 Å². The number of hydrogen-bond acceptors (Lipinski definition) is 5. The number of carbonyl (C=O) groups excluding carboxylic acids is 2. The molecule has 4 heterocycles. The molecule has 4 rings (SSSR count). The van der Waals surface area contributed by atoms with Gasteiger partial charge in [-0.2, -0.15) is 0 Å². The second-order valence-electron chi connectivity index (χ2n) is 7.05. The second kappa shape index (κ2) is 7.44. The van der Waals surface area contributed by atoms with E-state index < -0.39 is 0 Å².